The third-order valence-electron chi connectivity index (χ3n) is 3.10. The Morgan fingerprint density at radius 2 is 2.00 bits per heavy atom. The molecule has 0 saturated heterocycles. The van der Waals surface area contributed by atoms with Crippen LogP contribution < -0.4 is 5.32 Å². The Bertz CT molecular complexity index is 770. The highest BCUT2D eigenvalue weighted by molar-refractivity contribution is 6.30. The molecule has 1 N–H and O–H groups in total. The number of halogens is 1. The number of aromatic nitrogens is 2. The molecule has 0 aliphatic heterocycles. The minimum Gasteiger partial charge on any atom is -0.423 e. The molecule has 0 spiro atoms. The second-order valence-electron chi connectivity index (χ2n) is 4.63. The maximum absolute atomic E-state index is 12.1. The van der Waals surface area contributed by atoms with Gasteiger partial charge in [-0.2, -0.15) is 0 Å². The summed E-state index contributed by atoms with van der Waals surface area (Å²) in [6.07, 6.45) is 1.26. The van der Waals surface area contributed by atoms with Crippen molar-refractivity contribution in [1.29, 1.82) is 0 Å². The van der Waals surface area contributed by atoms with E-state index in [9.17, 15) is 4.79 Å². The quantitative estimate of drug-likeness (QED) is 0.802. The SMILES string of the molecule is O=C(NCc1cccc(Cl)c1)c1ccc(-c2nnco2)cc1. The maximum atomic E-state index is 12.1. The average Bonchev–Trinajstić information content (AvgIpc) is 3.07. The molecule has 3 aromatic rings. The lowest BCUT2D eigenvalue weighted by Gasteiger charge is -2.06. The number of amides is 1. The minimum absolute atomic E-state index is 0.156. The molecule has 22 heavy (non-hydrogen) atoms. The smallest absolute Gasteiger partial charge is 0.251 e. The van der Waals surface area contributed by atoms with Crippen molar-refractivity contribution in [3.8, 4) is 11.5 Å². The number of nitrogens with one attached hydrogen (secondary N) is 1. The lowest BCUT2D eigenvalue weighted by atomic mass is 10.1. The van der Waals surface area contributed by atoms with Gasteiger partial charge in [0, 0.05) is 22.7 Å². The highest BCUT2D eigenvalue weighted by Gasteiger charge is 2.08. The molecule has 0 aliphatic rings. The van der Waals surface area contributed by atoms with Gasteiger partial charge in [-0.1, -0.05) is 23.7 Å². The number of carbonyl (C=O) groups is 1. The van der Waals surface area contributed by atoms with Gasteiger partial charge < -0.3 is 9.73 Å². The number of hydrogen-bond acceptors (Lipinski definition) is 4. The zero-order valence-corrected chi connectivity index (χ0v) is 12.2. The topological polar surface area (TPSA) is 68.0 Å². The van der Waals surface area contributed by atoms with Crippen molar-refractivity contribution < 1.29 is 9.21 Å². The van der Waals surface area contributed by atoms with Crippen molar-refractivity contribution >= 4 is 17.5 Å². The summed E-state index contributed by atoms with van der Waals surface area (Å²) in [5.41, 5.74) is 2.28. The van der Waals surface area contributed by atoms with Gasteiger partial charge in [0.25, 0.3) is 5.91 Å². The van der Waals surface area contributed by atoms with Crippen LogP contribution in [0.5, 0.6) is 0 Å². The summed E-state index contributed by atoms with van der Waals surface area (Å²) in [7, 11) is 0. The first-order chi connectivity index (χ1) is 10.7. The van der Waals surface area contributed by atoms with Crippen molar-refractivity contribution in [2.24, 2.45) is 0 Å². The third kappa shape index (κ3) is 3.32. The van der Waals surface area contributed by atoms with Crippen LogP contribution in [-0.4, -0.2) is 16.1 Å². The molecule has 6 heteroatoms. The molecule has 0 atom stereocenters. The molecular formula is C16H12ClN3O2. The van der Waals surface area contributed by atoms with Crippen molar-refractivity contribution in [3.05, 3.63) is 71.1 Å². The molecular weight excluding hydrogens is 302 g/mol. The minimum atomic E-state index is -0.156. The second kappa shape index (κ2) is 6.41. The van der Waals surface area contributed by atoms with Gasteiger partial charge in [-0.3, -0.25) is 4.79 Å². The predicted octanol–water partition coefficient (Wildman–Crippen LogP) is 3.32. The number of hydrogen-bond donors (Lipinski definition) is 1. The van der Waals surface area contributed by atoms with Crippen LogP contribution in [0.3, 0.4) is 0 Å². The Morgan fingerprint density at radius 3 is 2.68 bits per heavy atom. The Morgan fingerprint density at radius 1 is 1.18 bits per heavy atom. The molecule has 3 rings (SSSR count). The number of nitrogens with zero attached hydrogens (tertiary/aromatic N) is 2. The molecule has 0 unspecified atom stereocenters. The van der Waals surface area contributed by atoms with Crippen molar-refractivity contribution in [3.63, 3.8) is 0 Å². The zero-order chi connectivity index (χ0) is 15.4. The van der Waals surface area contributed by atoms with Gasteiger partial charge in [-0.05, 0) is 42.0 Å². The largest absolute Gasteiger partial charge is 0.423 e. The van der Waals surface area contributed by atoms with Crippen LogP contribution in [0.15, 0.2) is 59.3 Å². The monoisotopic (exact) mass is 313 g/mol. The Labute approximate surface area is 131 Å². The average molecular weight is 314 g/mol. The summed E-state index contributed by atoms with van der Waals surface area (Å²) in [5, 5.41) is 10.9. The molecule has 110 valence electrons. The Kier molecular flexibility index (Phi) is 4.16. The van der Waals surface area contributed by atoms with Crippen molar-refractivity contribution in [2.45, 2.75) is 6.54 Å². The fraction of sp³-hybridized carbons (Fsp3) is 0.0625. The molecule has 0 fully saturated rings. The van der Waals surface area contributed by atoms with Crippen molar-refractivity contribution in [1.82, 2.24) is 15.5 Å². The maximum Gasteiger partial charge on any atom is 0.251 e. The summed E-state index contributed by atoms with van der Waals surface area (Å²) >= 11 is 5.91. The van der Waals surface area contributed by atoms with Gasteiger partial charge in [0.05, 0.1) is 0 Å². The first kappa shape index (κ1) is 14.3. The standard InChI is InChI=1S/C16H12ClN3O2/c17-14-3-1-2-11(8-14)9-18-15(21)12-4-6-13(7-5-12)16-20-19-10-22-16/h1-8,10H,9H2,(H,18,21). The molecule has 0 bridgehead atoms. The summed E-state index contributed by atoms with van der Waals surface area (Å²) in [6.45, 7) is 0.421. The predicted molar refractivity (Wildman–Crippen MR) is 82.4 cm³/mol. The second-order valence-corrected chi connectivity index (χ2v) is 5.07. The van der Waals surface area contributed by atoms with Crippen molar-refractivity contribution in [2.75, 3.05) is 0 Å². The molecule has 5 nitrogen and oxygen atoms in total. The van der Waals surface area contributed by atoms with Gasteiger partial charge in [0.2, 0.25) is 12.3 Å². The third-order valence-corrected chi connectivity index (χ3v) is 3.33. The fourth-order valence-electron chi connectivity index (χ4n) is 1.99. The van der Waals surface area contributed by atoms with E-state index >= 15 is 0 Å². The molecule has 0 aliphatic carbocycles. The van der Waals surface area contributed by atoms with E-state index in [1.807, 2.05) is 18.2 Å². The van der Waals surface area contributed by atoms with Gasteiger partial charge in [-0.25, -0.2) is 0 Å². The molecule has 2 aromatic carbocycles. The van der Waals surface area contributed by atoms with E-state index in [0.717, 1.165) is 11.1 Å². The highest BCUT2D eigenvalue weighted by Crippen LogP contribution is 2.16. The van der Waals surface area contributed by atoms with Crippen LogP contribution in [-0.2, 0) is 6.54 Å². The van der Waals surface area contributed by atoms with Gasteiger partial charge >= 0.3 is 0 Å². The highest BCUT2D eigenvalue weighted by atomic mass is 35.5. The van der Waals surface area contributed by atoms with E-state index in [4.69, 9.17) is 16.0 Å². The summed E-state index contributed by atoms with van der Waals surface area (Å²) in [5.74, 6) is 0.267. The van der Waals surface area contributed by atoms with E-state index in [-0.39, 0.29) is 5.91 Å². The van der Waals surface area contributed by atoms with Gasteiger partial charge in [0.15, 0.2) is 0 Å². The normalized spacial score (nSPS) is 10.4. The van der Waals surface area contributed by atoms with Crippen LogP contribution >= 0.6 is 11.6 Å². The zero-order valence-electron chi connectivity index (χ0n) is 11.5. The van der Waals surface area contributed by atoms with E-state index in [0.29, 0.717) is 23.0 Å². The summed E-state index contributed by atoms with van der Waals surface area (Å²) in [6, 6.07) is 14.3. The fourth-order valence-corrected chi connectivity index (χ4v) is 2.21. The van der Waals surface area contributed by atoms with Gasteiger partial charge in [0.1, 0.15) is 0 Å². The lowest BCUT2D eigenvalue weighted by molar-refractivity contribution is 0.0951. The van der Waals surface area contributed by atoms with Gasteiger partial charge in [-0.15, -0.1) is 10.2 Å². The van der Waals surface area contributed by atoms with Crippen LogP contribution in [0.25, 0.3) is 11.5 Å². The first-order valence-electron chi connectivity index (χ1n) is 6.61. The van der Waals surface area contributed by atoms with E-state index in [1.165, 1.54) is 6.39 Å². The number of benzene rings is 2. The van der Waals surface area contributed by atoms with Crippen LogP contribution in [0.4, 0.5) is 0 Å². The molecule has 1 amide bonds. The lowest BCUT2D eigenvalue weighted by Crippen LogP contribution is -2.22. The van der Waals surface area contributed by atoms with Crippen LogP contribution in [0, 0.1) is 0 Å². The molecule has 0 radical (unpaired) electrons. The summed E-state index contributed by atoms with van der Waals surface area (Å²) < 4.78 is 5.10. The Hall–Kier alpha value is -2.66. The molecule has 1 heterocycles. The van der Waals surface area contributed by atoms with E-state index in [1.54, 1.807) is 30.3 Å². The first-order valence-corrected chi connectivity index (χ1v) is 6.99. The van der Waals surface area contributed by atoms with E-state index < -0.39 is 0 Å². The Balaban J connectivity index is 1.65. The van der Waals surface area contributed by atoms with Crippen LogP contribution in [0.2, 0.25) is 5.02 Å². The summed E-state index contributed by atoms with van der Waals surface area (Å²) in [4.78, 5) is 12.1. The number of rotatable bonds is 4. The molecule has 1 aromatic heterocycles. The van der Waals surface area contributed by atoms with Crippen LogP contribution in [0.1, 0.15) is 15.9 Å². The number of carbonyl (C=O) groups excluding carboxylic acids is 1. The molecule has 0 saturated carbocycles. The van der Waals surface area contributed by atoms with E-state index in [2.05, 4.69) is 15.5 Å².